The summed E-state index contributed by atoms with van der Waals surface area (Å²) in [6.45, 7) is 7.39. The fourth-order valence-corrected chi connectivity index (χ4v) is 3.99. The molecule has 0 fully saturated rings. The van der Waals surface area contributed by atoms with E-state index in [1.165, 1.54) is 0 Å². The molecule has 4 aromatic rings. The third-order valence-electron chi connectivity index (χ3n) is 5.83. The summed E-state index contributed by atoms with van der Waals surface area (Å²) in [6.07, 6.45) is 0.944. The number of ether oxygens (including phenoxy) is 2. The van der Waals surface area contributed by atoms with E-state index in [1.807, 2.05) is 43.3 Å². The molecular weight excluding hydrogens is 406 g/mol. The lowest BCUT2D eigenvalue weighted by atomic mass is 9.79. The number of carbonyl (C=O) groups excluding carboxylic acids is 1. The summed E-state index contributed by atoms with van der Waals surface area (Å²) in [5.74, 6) is 2.36. The number of hydrogen-bond donors (Lipinski definition) is 2. The largest absolute Gasteiger partial charge is 0.493 e. The molecule has 1 aliphatic rings. The van der Waals surface area contributed by atoms with Crippen molar-refractivity contribution in [2.75, 3.05) is 6.61 Å². The van der Waals surface area contributed by atoms with Gasteiger partial charge in [0.15, 0.2) is 5.76 Å². The lowest BCUT2D eigenvalue weighted by molar-refractivity contribution is 0.0917. The van der Waals surface area contributed by atoms with Gasteiger partial charge in [-0.2, -0.15) is 0 Å². The normalized spacial score (nSPS) is 14.6. The highest BCUT2D eigenvalue weighted by atomic mass is 16.6. The van der Waals surface area contributed by atoms with Gasteiger partial charge in [-0.25, -0.2) is 4.98 Å². The maximum atomic E-state index is 12.5. The van der Waals surface area contributed by atoms with Gasteiger partial charge in [0.05, 0.1) is 24.2 Å². The van der Waals surface area contributed by atoms with Gasteiger partial charge in [-0.3, -0.25) is 4.79 Å². The highest BCUT2D eigenvalue weighted by Gasteiger charge is 2.30. The van der Waals surface area contributed by atoms with Crippen LogP contribution < -0.4 is 14.8 Å². The van der Waals surface area contributed by atoms with Crippen LogP contribution in [0.2, 0.25) is 0 Å². The standard InChI is InChI=1S/C25H25N3O4/c1-15-12-16(13-17-23(15)30-11-10-25(17,2)3)31-22-9-8-20(32-22)24(29)26-14-21-27-18-6-4-5-7-19(18)28-21/h4-9,12-13H,10-11,14H2,1-3H3,(H,26,29)(H,27,28). The quantitative estimate of drug-likeness (QED) is 0.451. The van der Waals surface area contributed by atoms with Gasteiger partial charge in [-0.05, 0) is 54.7 Å². The van der Waals surface area contributed by atoms with Crippen LogP contribution in [0.15, 0.2) is 52.9 Å². The summed E-state index contributed by atoms with van der Waals surface area (Å²) in [5.41, 5.74) is 3.93. The first-order valence-corrected chi connectivity index (χ1v) is 10.7. The van der Waals surface area contributed by atoms with Gasteiger partial charge in [0.1, 0.15) is 17.3 Å². The molecule has 0 atom stereocenters. The zero-order valence-electron chi connectivity index (χ0n) is 18.3. The number of aromatic nitrogens is 2. The van der Waals surface area contributed by atoms with Crippen molar-refractivity contribution in [3.63, 3.8) is 0 Å². The SMILES string of the molecule is Cc1cc(Oc2ccc(C(=O)NCc3nc4ccccc4[nH]3)o2)cc2c1OCCC2(C)C. The summed E-state index contributed by atoms with van der Waals surface area (Å²) < 4.78 is 17.4. The molecule has 0 aliphatic carbocycles. The number of amides is 1. The van der Waals surface area contributed by atoms with E-state index in [4.69, 9.17) is 13.9 Å². The number of aryl methyl sites for hydroxylation is 1. The molecule has 0 bridgehead atoms. The lowest BCUT2D eigenvalue weighted by Gasteiger charge is -2.33. The summed E-state index contributed by atoms with van der Waals surface area (Å²) >= 11 is 0. The average molecular weight is 431 g/mol. The van der Waals surface area contributed by atoms with Gasteiger partial charge in [-0.15, -0.1) is 0 Å². The van der Waals surface area contributed by atoms with E-state index in [2.05, 4.69) is 29.1 Å². The van der Waals surface area contributed by atoms with Gasteiger partial charge in [0.2, 0.25) is 0 Å². The number of imidazole rings is 1. The Labute approximate surface area is 185 Å². The van der Waals surface area contributed by atoms with Crippen molar-refractivity contribution in [1.82, 2.24) is 15.3 Å². The number of nitrogens with one attached hydrogen (secondary N) is 2. The van der Waals surface area contributed by atoms with Gasteiger partial charge >= 0.3 is 0 Å². The van der Waals surface area contributed by atoms with Crippen molar-refractivity contribution in [1.29, 1.82) is 0 Å². The third kappa shape index (κ3) is 3.82. The maximum absolute atomic E-state index is 12.5. The first kappa shape index (κ1) is 20.2. The zero-order valence-corrected chi connectivity index (χ0v) is 18.3. The van der Waals surface area contributed by atoms with E-state index in [-0.39, 0.29) is 29.6 Å². The number of para-hydroxylation sites is 2. The minimum Gasteiger partial charge on any atom is -0.493 e. The third-order valence-corrected chi connectivity index (χ3v) is 5.83. The minimum absolute atomic E-state index is 0.00256. The van der Waals surface area contributed by atoms with Crippen LogP contribution in [0.4, 0.5) is 0 Å². The van der Waals surface area contributed by atoms with Crippen LogP contribution in [0.25, 0.3) is 11.0 Å². The molecule has 2 N–H and O–H groups in total. The van der Waals surface area contributed by atoms with E-state index in [0.717, 1.165) is 34.3 Å². The van der Waals surface area contributed by atoms with E-state index in [0.29, 0.717) is 18.2 Å². The number of H-pyrrole nitrogens is 1. The summed E-state index contributed by atoms with van der Waals surface area (Å²) in [4.78, 5) is 20.2. The zero-order chi connectivity index (χ0) is 22.3. The Hall–Kier alpha value is -3.74. The molecule has 7 heteroatoms. The fraction of sp³-hybridized carbons (Fsp3) is 0.280. The van der Waals surface area contributed by atoms with E-state index < -0.39 is 0 Å². The van der Waals surface area contributed by atoms with Crippen LogP contribution in [-0.4, -0.2) is 22.5 Å². The van der Waals surface area contributed by atoms with Crippen LogP contribution in [0, 0.1) is 6.92 Å². The molecule has 0 saturated carbocycles. The van der Waals surface area contributed by atoms with Crippen LogP contribution in [0.1, 0.15) is 47.8 Å². The van der Waals surface area contributed by atoms with Crippen molar-refractivity contribution in [2.45, 2.75) is 39.2 Å². The molecule has 0 spiro atoms. The van der Waals surface area contributed by atoms with Crippen LogP contribution >= 0.6 is 0 Å². The van der Waals surface area contributed by atoms with Gasteiger partial charge in [0.25, 0.3) is 11.9 Å². The van der Waals surface area contributed by atoms with Crippen LogP contribution in [-0.2, 0) is 12.0 Å². The molecule has 164 valence electrons. The summed E-state index contributed by atoms with van der Waals surface area (Å²) in [7, 11) is 0. The van der Waals surface area contributed by atoms with E-state index >= 15 is 0 Å². The molecule has 32 heavy (non-hydrogen) atoms. The Bertz CT molecular complexity index is 1270. The molecule has 0 unspecified atom stereocenters. The first-order valence-electron chi connectivity index (χ1n) is 10.7. The molecule has 2 aromatic heterocycles. The lowest BCUT2D eigenvalue weighted by Crippen LogP contribution is -2.27. The highest BCUT2D eigenvalue weighted by molar-refractivity contribution is 5.91. The molecule has 1 aliphatic heterocycles. The highest BCUT2D eigenvalue weighted by Crippen LogP contribution is 2.43. The number of furan rings is 1. The average Bonchev–Trinajstić information content (AvgIpc) is 3.39. The molecule has 2 aromatic carbocycles. The number of fused-ring (bicyclic) bond motifs is 2. The molecular formula is C25H25N3O4. The number of benzene rings is 2. The number of carbonyl (C=O) groups is 1. The number of aromatic amines is 1. The number of nitrogens with zero attached hydrogens (tertiary/aromatic N) is 1. The second-order valence-corrected chi connectivity index (χ2v) is 8.70. The Balaban J connectivity index is 1.27. The summed E-state index contributed by atoms with van der Waals surface area (Å²) in [5, 5.41) is 2.82. The topological polar surface area (TPSA) is 89.4 Å². The fourth-order valence-electron chi connectivity index (χ4n) is 3.99. The molecule has 7 nitrogen and oxygen atoms in total. The van der Waals surface area contributed by atoms with Crippen LogP contribution in [0.3, 0.4) is 0 Å². The van der Waals surface area contributed by atoms with Gasteiger partial charge < -0.3 is 24.2 Å². The minimum atomic E-state index is -0.337. The smallest absolute Gasteiger partial charge is 0.290 e. The first-order chi connectivity index (χ1) is 15.4. The molecule has 3 heterocycles. The number of rotatable bonds is 5. The van der Waals surface area contributed by atoms with Crippen LogP contribution in [0.5, 0.6) is 17.4 Å². The Kier molecular flexibility index (Phi) is 4.89. The Morgan fingerprint density at radius 1 is 1.22 bits per heavy atom. The predicted octanol–water partition coefficient (Wildman–Crippen LogP) is 5.25. The molecule has 5 rings (SSSR count). The van der Waals surface area contributed by atoms with Crippen molar-refractivity contribution in [3.05, 3.63) is 71.2 Å². The van der Waals surface area contributed by atoms with Crippen molar-refractivity contribution in [2.24, 2.45) is 0 Å². The maximum Gasteiger partial charge on any atom is 0.290 e. The van der Waals surface area contributed by atoms with Gasteiger partial charge in [-0.1, -0.05) is 26.0 Å². The second kappa shape index (κ2) is 7.75. The van der Waals surface area contributed by atoms with E-state index in [1.54, 1.807) is 12.1 Å². The Morgan fingerprint density at radius 3 is 2.91 bits per heavy atom. The second-order valence-electron chi connectivity index (χ2n) is 8.70. The molecule has 0 saturated heterocycles. The number of hydrogen-bond acceptors (Lipinski definition) is 5. The predicted molar refractivity (Wildman–Crippen MR) is 120 cm³/mol. The monoisotopic (exact) mass is 431 g/mol. The van der Waals surface area contributed by atoms with Crippen molar-refractivity contribution in [3.8, 4) is 17.4 Å². The Morgan fingerprint density at radius 2 is 2.06 bits per heavy atom. The van der Waals surface area contributed by atoms with Crippen molar-refractivity contribution < 1.29 is 18.7 Å². The van der Waals surface area contributed by atoms with Gasteiger partial charge in [0, 0.05) is 11.6 Å². The summed E-state index contributed by atoms with van der Waals surface area (Å²) in [6, 6.07) is 14.9. The van der Waals surface area contributed by atoms with E-state index in [9.17, 15) is 4.79 Å². The van der Waals surface area contributed by atoms with Crippen molar-refractivity contribution >= 4 is 16.9 Å². The molecule has 1 amide bonds. The molecule has 0 radical (unpaired) electrons.